The van der Waals surface area contributed by atoms with Crippen LogP contribution >= 0.6 is 0 Å². The molecule has 0 radical (unpaired) electrons. The molecule has 0 saturated heterocycles. The second-order valence-electron chi connectivity index (χ2n) is 18.0. The van der Waals surface area contributed by atoms with Crippen LogP contribution in [0, 0.1) is 11.8 Å². The summed E-state index contributed by atoms with van der Waals surface area (Å²) in [6, 6.07) is -1.61. The summed E-state index contributed by atoms with van der Waals surface area (Å²) in [7, 11) is 0. The first-order chi connectivity index (χ1) is 35.6. The number of guanidine groups is 1. The minimum atomic E-state index is -1.62. The molecule has 0 heterocycles. The lowest BCUT2D eigenvalue weighted by atomic mass is 10.0. The topological polar surface area (TPSA) is 493 Å². The highest BCUT2D eigenvalue weighted by molar-refractivity contribution is 5.98. The molecule has 76 heavy (non-hydrogen) atoms. The Bertz CT molecular complexity index is 2240. The Morgan fingerprint density at radius 3 is 1.62 bits per heavy atom. The van der Waals surface area contributed by atoms with Crippen LogP contribution in [-0.4, -0.2) is 173 Å². The Kier molecular flexibility index (Phi) is 29.4. The first kappa shape index (κ1) is 65.6. The Labute approximate surface area is 437 Å². The molecule has 0 aliphatic rings. The van der Waals surface area contributed by atoms with E-state index in [1.807, 2.05) is 0 Å². The van der Waals surface area contributed by atoms with Crippen molar-refractivity contribution in [2.24, 2.45) is 34.0 Å². The van der Waals surface area contributed by atoms with Gasteiger partial charge >= 0.3 is 17.9 Å². The number of rotatable bonds is 35. The highest BCUT2D eigenvalue weighted by Gasteiger charge is 2.33. The average molecular weight is 1080 g/mol. The van der Waals surface area contributed by atoms with Gasteiger partial charge in [0.15, 0.2) is 5.96 Å². The number of nitrogens with zero attached hydrogens (tertiary/aromatic N) is 1. The van der Waals surface area contributed by atoms with Crippen LogP contribution < -0.4 is 70.4 Å². The lowest BCUT2D eigenvalue weighted by Gasteiger charge is -2.27. The zero-order chi connectivity index (χ0) is 57.7. The van der Waals surface area contributed by atoms with Crippen molar-refractivity contribution in [3.05, 3.63) is 35.9 Å². The molecule has 10 amide bonds. The number of hydrogen-bond acceptors (Lipinski definition) is 15. The molecule has 0 aromatic heterocycles. The Balaban J connectivity index is 2.95. The summed E-state index contributed by atoms with van der Waals surface area (Å²) in [5.74, 6) is -14.2. The van der Waals surface area contributed by atoms with E-state index in [-0.39, 0.29) is 44.1 Å². The molecule has 1 rings (SSSR count). The standard InChI is InChI=1S/C46H72N14O16/c1-23(2)16-29(58-42(72)30(17-26-10-7-6-8-11-26)59-43(73)31(18-37(67)68)55-32(61)19-47)41(71)54-25(5)39(69)56-27(13-14-36(65)66)40(70)53-21-34(63)51-20-33(62)52-22-35(64)60-38(24(3)4)44(74)57-28(45(75)76)12-9-15-50-46(48)49/h6-8,10-11,23-25,27-31,38H,9,12-22,47H2,1-5H3,(H,51,63)(H,52,62)(H,53,70)(H,54,71)(H,55,61)(H,56,69)(H,57,74)(H,58,72)(H,59,73)(H,60,64)(H,65,66)(H,67,68)(H,75,76)(H4,48,49,50)/t25-,27-,28-,29-,30-,31-,38-/m0/s1. The summed E-state index contributed by atoms with van der Waals surface area (Å²) >= 11 is 0. The van der Waals surface area contributed by atoms with Crippen molar-refractivity contribution in [3.8, 4) is 0 Å². The molecule has 0 spiro atoms. The van der Waals surface area contributed by atoms with Gasteiger partial charge in [-0.3, -0.25) is 62.5 Å². The van der Waals surface area contributed by atoms with Crippen molar-refractivity contribution in [3.63, 3.8) is 0 Å². The molecule has 0 bridgehead atoms. The van der Waals surface area contributed by atoms with E-state index in [0.29, 0.717) is 5.56 Å². The minimum absolute atomic E-state index is 0.00275. The maximum Gasteiger partial charge on any atom is 0.326 e. The highest BCUT2D eigenvalue weighted by Crippen LogP contribution is 2.10. The molecule has 422 valence electrons. The van der Waals surface area contributed by atoms with Gasteiger partial charge in [-0.1, -0.05) is 58.0 Å². The van der Waals surface area contributed by atoms with Crippen LogP contribution in [0.25, 0.3) is 0 Å². The van der Waals surface area contributed by atoms with Crippen molar-refractivity contribution in [2.75, 3.05) is 32.7 Å². The first-order valence-corrected chi connectivity index (χ1v) is 24.0. The Morgan fingerprint density at radius 1 is 0.539 bits per heavy atom. The van der Waals surface area contributed by atoms with Gasteiger partial charge in [0.05, 0.1) is 32.6 Å². The van der Waals surface area contributed by atoms with Crippen molar-refractivity contribution in [2.45, 2.75) is 122 Å². The molecule has 0 aliphatic heterocycles. The van der Waals surface area contributed by atoms with Gasteiger partial charge in [-0.2, -0.15) is 0 Å². The predicted molar refractivity (Wildman–Crippen MR) is 268 cm³/mol. The number of benzene rings is 1. The van der Waals surface area contributed by atoms with Gasteiger partial charge in [0.1, 0.15) is 42.3 Å². The van der Waals surface area contributed by atoms with E-state index in [0.717, 1.165) is 0 Å². The molecule has 19 N–H and O–H groups in total. The first-order valence-electron chi connectivity index (χ1n) is 24.0. The second kappa shape index (κ2) is 34.1. The molecule has 30 nitrogen and oxygen atoms in total. The maximum atomic E-state index is 13.9. The van der Waals surface area contributed by atoms with Gasteiger partial charge < -0.3 is 85.7 Å². The van der Waals surface area contributed by atoms with Gasteiger partial charge in [0.25, 0.3) is 0 Å². The molecule has 1 aromatic carbocycles. The smallest absolute Gasteiger partial charge is 0.326 e. The van der Waals surface area contributed by atoms with E-state index in [4.69, 9.17) is 17.2 Å². The third-order valence-corrected chi connectivity index (χ3v) is 10.6. The quantitative estimate of drug-likeness (QED) is 0.0171. The fourth-order valence-electron chi connectivity index (χ4n) is 6.71. The van der Waals surface area contributed by atoms with E-state index < -0.39 is 171 Å². The molecular weight excluding hydrogens is 1000 g/mol. The summed E-state index contributed by atoms with van der Waals surface area (Å²) < 4.78 is 0. The average Bonchev–Trinajstić information content (AvgIpc) is 3.34. The monoisotopic (exact) mass is 1080 g/mol. The summed E-state index contributed by atoms with van der Waals surface area (Å²) in [6.07, 6.45) is -1.92. The van der Waals surface area contributed by atoms with E-state index in [9.17, 15) is 77.6 Å². The van der Waals surface area contributed by atoms with Crippen LogP contribution in [0.5, 0.6) is 0 Å². The van der Waals surface area contributed by atoms with Gasteiger partial charge in [-0.05, 0) is 50.0 Å². The predicted octanol–water partition coefficient (Wildman–Crippen LogP) is -5.87. The molecular formula is C46H72N14O16. The highest BCUT2D eigenvalue weighted by atomic mass is 16.4. The molecule has 0 saturated carbocycles. The number of amides is 10. The lowest BCUT2D eigenvalue weighted by Crippen LogP contribution is -2.59. The van der Waals surface area contributed by atoms with Gasteiger partial charge in [0, 0.05) is 19.4 Å². The van der Waals surface area contributed by atoms with Crippen LogP contribution in [0.3, 0.4) is 0 Å². The molecule has 0 unspecified atom stereocenters. The van der Waals surface area contributed by atoms with Crippen LogP contribution in [0.2, 0.25) is 0 Å². The number of nitrogens with one attached hydrogen (secondary N) is 10. The number of aliphatic imine (C=N–C) groups is 1. The summed E-state index contributed by atoms with van der Waals surface area (Å²) in [6.45, 7) is 5.27. The molecule has 1 aromatic rings. The number of nitrogens with two attached hydrogens (primary N) is 3. The van der Waals surface area contributed by atoms with Gasteiger partial charge in [-0.15, -0.1) is 0 Å². The van der Waals surface area contributed by atoms with Crippen molar-refractivity contribution < 1.29 is 77.6 Å². The summed E-state index contributed by atoms with van der Waals surface area (Å²) in [5.41, 5.74) is 16.4. The van der Waals surface area contributed by atoms with E-state index in [2.05, 4.69) is 58.2 Å². The normalized spacial score (nSPS) is 13.5. The summed E-state index contributed by atoms with van der Waals surface area (Å²) in [5, 5.41) is 51.6. The van der Waals surface area contributed by atoms with Gasteiger partial charge in [-0.25, -0.2) is 4.79 Å². The Hall–Kier alpha value is -8.44. The molecule has 0 fully saturated rings. The number of carboxylic acid groups (broad SMARTS) is 3. The van der Waals surface area contributed by atoms with Crippen LogP contribution in [-0.2, 0) is 68.7 Å². The van der Waals surface area contributed by atoms with Crippen LogP contribution in [0.4, 0.5) is 0 Å². The van der Waals surface area contributed by atoms with E-state index >= 15 is 0 Å². The number of carboxylic acids is 3. The second-order valence-corrected chi connectivity index (χ2v) is 18.0. The van der Waals surface area contributed by atoms with Crippen LogP contribution in [0.1, 0.15) is 78.7 Å². The SMILES string of the molecule is CC(C)C[C@H](NC(=O)[C@H](Cc1ccccc1)NC(=O)[C@H](CC(=O)O)NC(=O)CN)C(=O)N[C@@H](C)C(=O)N[C@@H](CCC(=O)O)C(=O)NCC(=O)NCC(=O)NCC(=O)N[C@H](C(=O)N[C@@H](CCCN=C(N)N)C(=O)O)C(C)C. The maximum absolute atomic E-state index is 13.9. The minimum Gasteiger partial charge on any atom is -0.481 e. The molecule has 0 aliphatic carbocycles. The fourth-order valence-corrected chi connectivity index (χ4v) is 6.71. The number of carbonyl (C=O) groups excluding carboxylic acids is 10. The third-order valence-electron chi connectivity index (χ3n) is 10.6. The number of hydrogen-bond donors (Lipinski definition) is 16. The van der Waals surface area contributed by atoms with E-state index in [1.165, 1.54) is 6.92 Å². The lowest BCUT2D eigenvalue weighted by molar-refractivity contribution is -0.143. The third kappa shape index (κ3) is 27.0. The van der Waals surface area contributed by atoms with Crippen molar-refractivity contribution >= 4 is 82.9 Å². The van der Waals surface area contributed by atoms with Crippen LogP contribution in [0.15, 0.2) is 35.3 Å². The Morgan fingerprint density at radius 2 is 1.08 bits per heavy atom. The molecule has 30 heteroatoms. The van der Waals surface area contributed by atoms with Crippen molar-refractivity contribution in [1.82, 2.24) is 53.2 Å². The van der Waals surface area contributed by atoms with E-state index in [1.54, 1.807) is 58.0 Å². The number of carbonyl (C=O) groups is 13. The van der Waals surface area contributed by atoms with Crippen molar-refractivity contribution in [1.29, 1.82) is 0 Å². The zero-order valence-corrected chi connectivity index (χ0v) is 42.9. The summed E-state index contributed by atoms with van der Waals surface area (Å²) in [4.78, 5) is 168. The largest absolute Gasteiger partial charge is 0.481 e. The van der Waals surface area contributed by atoms with Gasteiger partial charge in [0.2, 0.25) is 59.1 Å². The fraction of sp³-hybridized carbons (Fsp3) is 0.565. The molecule has 7 atom stereocenters. The zero-order valence-electron chi connectivity index (χ0n) is 42.9. The number of aliphatic carboxylic acids is 3.